The van der Waals surface area contributed by atoms with Gasteiger partial charge < -0.3 is 10.5 Å². The van der Waals surface area contributed by atoms with E-state index < -0.39 is 0 Å². The first kappa shape index (κ1) is 10.4. The summed E-state index contributed by atoms with van der Waals surface area (Å²) in [7, 11) is 0. The molecule has 0 radical (unpaired) electrons. The van der Waals surface area contributed by atoms with Gasteiger partial charge in [-0.2, -0.15) is 0 Å². The average molecular weight is 197 g/mol. The molecule has 0 bridgehead atoms. The van der Waals surface area contributed by atoms with Gasteiger partial charge in [0.25, 0.3) is 0 Å². The molecule has 3 unspecified atom stereocenters. The zero-order valence-corrected chi connectivity index (χ0v) is 9.30. The van der Waals surface area contributed by atoms with Crippen LogP contribution >= 0.6 is 0 Å². The van der Waals surface area contributed by atoms with E-state index in [0.29, 0.717) is 6.04 Å². The molecule has 1 aliphatic carbocycles. The van der Waals surface area contributed by atoms with E-state index in [0.717, 1.165) is 25.4 Å². The molecule has 0 aromatic heterocycles. The number of ether oxygens (including phenoxy) is 1. The number of nitrogens with two attached hydrogens (primary N) is 1. The number of rotatable bonds is 1. The van der Waals surface area contributed by atoms with Crippen LogP contribution in [0.5, 0.6) is 0 Å². The minimum atomic E-state index is 0.171. The molecule has 0 aromatic carbocycles. The molecule has 1 saturated heterocycles. The summed E-state index contributed by atoms with van der Waals surface area (Å²) < 4.78 is 6.10. The van der Waals surface area contributed by atoms with Crippen molar-refractivity contribution in [2.75, 3.05) is 6.61 Å². The van der Waals surface area contributed by atoms with Gasteiger partial charge in [0.05, 0.1) is 5.60 Å². The van der Waals surface area contributed by atoms with Gasteiger partial charge in [0.15, 0.2) is 0 Å². The van der Waals surface area contributed by atoms with Gasteiger partial charge in [0.2, 0.25) is 0 Å². The summed E-state index contributed by atoms with van der Waals surface area (Å²) in [6.07, 6.45) is 8.74. The number of hydrogen-bond donors (Lipinski definition) is 1. The van der Waals surface area contributed by atoms with Crippen LogP contribution in [0.2, 0.25) is 0 Å². The Hall–Kier alpha value is -0.0800. The second kappa shape index (κ2) is 4.19. The molecule has 2 rings (SSSR count). The zero-order chi connectivity index (χ0) is 10.0. The predicted molar refractivity (Wildman–Crippen MR) is 58.1 cm³/mol. The van der Waals surface area contributed by atoms with Gasteiger partial charge in [-0.3, -0.25) is 0 Å². The highest BCUT2D eigenvalue weighted by Gasteiger charge is 2.43. The molecule has 2 nitrogen and oxygen atoms in total. The molecule has 14 heavy (non-hydrogen) atoms. The molecule has 82 valence electrons. The third-order valence-corrected chi connectivity index (χ3v) is 4.13. The fraction of sp³-hybridized carbons (Fsp3) is 1.00. The molecule has 2 fully saturated rings. The van der Waals surface area contributed by atoms with E-state index in [1.807, 2.05) is 0 Å². The van der Waals surface area contributed by atoms with Gasteiger partial charge in [-0.15, -0.1) is 0 Å². The van der Waals surface area contributed by atoms with E-state index in [2.05, 4.69) is 6.92 Å². The molecular formula is C12H23NO. The van der Waals surface area contributed by atoms with Gasteiger partial charge in [-0.25, -0.2) is 0 Å². The average Bonchev–Trinajstić information content (AvgIpc) is 2.18. The monoisotopic (exact) mass is 197 g/mol. The molecule has 1 heterocycles. The Morgan fingerprint density at radius 2 is 2.21 bits per heavy atom. The van der Waals surface area contributed by atoms with Gasteiger partial charge in [-0.05, 0) is 31.6 Å². The normalized spacial score (nSPS) is 44.1. The summed E-state index contributed by atoms with van der Waals surface area (Å²) in [6.45, 7) is 3.18. The Bertz CT molecular complexity index is 191. The minimum Gasteiger partial charge on any atom is -0.375 e. The van der Waals surface area contributed by atoms with Gasteiger partial charge in [-0.1, -0.05) is 26.2 Å². The Balaban J connectivity index is 2.09. The van der Waals surface area contributed by atoms with Crippen LogP contribution < -0.4 is 5.73 Å². The smallest absolute Gasteiger partial charge is 0.0725 e. The third-order valence-electron chi connectivity index (χ3n) is 4.13. The molecule has 2 aliphatic rings. The van der Waals surface area contributed by atoms with E-state index in [9.17, 15) is 0 Å². The van der Waals surface area contributed by atoms with Crippen molar-refractivity contribution in [1.82, 2.24) is 0 Å². The van der Waals surface area contributed by atoms with Crippen LogP contribution in [0.25, 0.3) is 0 Å². The molecule has 2 heteroatoms. The highest BCUT2D eigenvalue weighted by atomic mass is 16.5. The summed E-state index contributed by atoms with van der Waals surface area (Å²) in [6, 6.07) is 0.385. The van der Waals surface area contributed by atoms with Crippen molar-refractivity contribution in [3.63, 3.8) is 0 Å². The van der Waals surface area contributed by atoms with Gasteiger partial charge in [0.1, 0.15) is 0 Å². The van der Waals surface area contributed by atoms with Crippen molar-refractivity contribution >= 4 is 0 Å². The van der Waals surface area contributed by atoms with Crippen LogP contribution in [0.3, 0.4) is 0 Å². The van der Waals surface area contributed by atoms with Crippen LogP contribution in [0.1, 0.15) is 51.9 Å². The van der Waals surface area contributed by atoms with Crippen LogP contribution in [-0.4, -0.2) is 18.2 Å². The maximum absolute atomic E-state index is 6.10. The molecule has 0 aromatic rings. The molecule has 1 aliphatic heterocycles. The van der Waals surface area contributed by atoms with Crippen molar-refractivity contribution in [2.24, 2.45) is 11.7 Å². The summed E-state index contributed by atoms with van der Waals surface area (Å²) in [5, 5.41) is 0. The first-order chi connectivity index (χ1) is 6.77. The fourth-order valence-electron chi connectivity index (χ4n) is 3.34. The number of hydrogen-bond acceptors (Lipinski definition) is 2. The predicted octanol–water partition coefficient (Wildman–Crippen LogP) is 2.46. The molecule has 3 atom stereocenters. The Morgan fingerprint density at radius 3 is 2.93 bits per heavy atom. The maximum Gasteiger partial charge on any atom is 0.0725 e. The molecule has 1 saturated carbocycles. The van der Waals surface area contributed by atoms with E-state index in [-0.39, 0.29) is 5.60 Å². The van der Waals surface area contributed by atoms with E-state index >= 15 is 0 Å². The Labute approximate surface area is 87.2 Å². The van der Waals surface area contributed by atoms with Crippen molar-refractivity contribution < 1.29 is 4.74 Å². The second-order valence-corrected chi connectivity index (χ2v) is 5.02. The van der Waals surface area contributed by atoms with Crippen LogP contribution in [0, 0.1) is 5.92 Å². The third kappa shape index (κ3) is 1.82. The Kier molecular flexibility index (Phi) is 3.13. The highest BCUT2D eigenvalue weighted by molar-refractivity contribution is 4.96. The van der Waals surface area contributed by atoms with Crippen molar-refractivity contribution in [3.8, 4) is 0 Å². The zero-order valence-electron chi connectivity index (χ0n) is 9.30. The molecule has 2 N–H and O–H groups in total. The second-order valence-electron chi connectivity index (χ2n) is 5.02. The lowest BCUT2D eigenvalue weighted by Gasteiger charge is -2.48. The molecule has 0 amide bonds. The quantitative estimate of drug-likeness (QED) is 0.701. The lowest BCUT2D eigenvalue weighted by molar-refractivity contribution is -0.140. The first-order valence-electron chi connectivity index (χ1n) is 6.16. The van der Waals surface area contributed by atoms with Crippen molar-refractivity contribution in [3.05, 3.63) is 0 Å². The largest absolute Gasteiger partial charge is 0.375 e. The lowest BCUT2D eigenvalue weighted by Crippen LogP contribution is -2.51. The van der Waals surface area contributed by atoms with Crippen LogP contribution in [0.4, 0.5) is 0 Å². The maximum atomic E-state index is 6.10. The fourth-order valence-corrected chi connectivity index (χ4v) is 3.34. The SMILES string of the molecule is CCC1CCCCC12CC(N)CCO2. The van der Waals surface area contributed by atoms with Gasteiger partial charge in [0, 0.05) is 12.6 Å². The Morgan fingerprint density at radius 1 is 1.36 bits per heavy atom. The first-order valence-corrected chi connectivity index (χ1v) is 6.16. The highest BCUT2D eigenvalue weighted by Crippen LogP contribution is 2.43. The summed E-state index contributed by atoms with van der Waals surface area (Å²) in [5.74, 6) is 0.766. The summed E-state index contributed by atoms with van der Waals surface area (Å²) in [4.78, 5) is 0. The van der Waals surface area contributed by atoms with Crippen LogP contribution in [-0.2, 0) is 4.74 Å². The van der Waals surface area contributed by atoms with E-state index in [1.54, 1.807) is 0 Å². The lowest BCUT2D eigenvalue weighted by atomic mass is 9.69. The minimum absolute atomic E-state index is 0.171. The topological polar surface area (TPSA) is 35.2 Å². The van der Waals surface area contributed by atoms with Crippen molar-refractivity contribution in [2.45, 2.75) is 63.5 Å². The molecular weight excluding hydrogens is 174 g/mol. The van der Waals surface area contributed by atoms with Crippen molar-refractivity contribution in [1.29, 1.82) is 0 Å². The molecule has 1 spiro atoms. The van der Waals surface area contributed by atoms with E-state index in [4.69, 9.17) is 10.5 Å². The summed E-state index contributed by atoms with van der Waals surface area (Å²) in [5.41, 5.74) is 6.25. The van der Waals surface area contributed by atoms with E-state index in [1.165, 1.54) is 32.1 Å². The summed E-state index contributed by atoms with van der Waals surface area (Å²) >= 11 is 0. The van der Waals surface area contributed by atoms with Crippen LogP contribution in [0.15, 0.2) is 0 Å². The standard InChI is InChI=1S/C12H23NO/c1-2-10-5-3-4-7-12(10)9-11(13)6-8-14-12/h10-11H,2-9,13H2,1H3. The van der Waals surface area contributed by atoms with Gasteiger partial charge >= 0.3 is 0 Å².